The molecule has 0 fully saturated rings. The molecule has 2 aromatic rings. The monoisotopic (exact) mass is 271 g/mol. The van der Waals surface area contributed by atoms with Gasteiger partial charge in [-0.15, -0.1) is 0 Å². The summed E-state index contributed by atoms with van der Waals surface area (Å²) in [7, 11) is 0. The van der Waals surface area contributed by atoms with Crippen LogP contribution in [0.15, 0.2) is 42.7 Å². The van der Waals surface area contributed by atoms with Crippen molar-refractivity contribution in [2.45, 2.75) is 26.3 Å². The highest BCUT2D eigenvalue weighted by molar-refractivity contribution is 5.43. The largest absolute Gasteiger partial charge is 0.494 e. The number of nitrogens with one attached hydrogen (secondary N) is 1. The van der Waals surface area contributed by atoms with Gasteiger partial charge >= 0.3 is 0 Å². The van der Waals surface area contributed by atoms with E-state index in [0.29, 0.717) is 6.61 Å². The van der Waals surface area contributed by atoms with Gasteiger partial charge in [-0.25, -0.2) is 5.43 Å². The van der Waals surface area contributed by atoms with Crippen LogP contribution in [0.2, 0.25) is 0 Å². The summed E-state index contributed by atoms with van der Waals surface area (Å²) in [5.74, 6) is 6.66. The molecule has 4 heteroatoms. The zero-order valence-corrected chi connectivity index (χ0v) is 12.0. The van der Waals surface area contributed by atoms with Gasteiger partial charge in [-0.1, -0.05) is 25.1 Å². The summed E-state index contributed by atoms with van der Waals surface area (Å²) in [6, 6.07) is 9.87. The number of hydrogen-bond donors (Lipinski definition) is 2. The Kier molecular flexibility index (Phi) is 5.09. The van der Waals surface area contributed by atoms with Crippen molar-refractivity contribution >= 4 is 0 Å². The van der Waals surface area contributed by atoms with Gasteiger partial charge < -0.3 is 4.74 Å². The first-order chi connectivity index (χ1) is 9.81. The first-order valence-electron chi connectivity index (χ1n) is 6.92. The second-order valence-corrected chi connectivity index (χ2v) is 4.50. The Morgan fingerprint density at radius 1 is 1.20 bits per heavy atom. The van der Waals surface area contributed by atoms with Crippen LogP contribution in [0.1, 0.15) is 36.6 Å². The molecule has 0 radical (unpaired) electrons. The van der Waals surface area contributed by atoms with E-state index in [2.05, 4.69) is 17.3 Å². The average Bonchev–Trinajstić information content (AvgIpc) is 2.50. The molecular weight excluding hydrogens is 250 g/mol. The molecule has 0 saturated carbocycles. The van der Waals surface area contributed by atoms with E-state index in [4.69, 9.17) is 10.6 Å². The lowest BCUT2D eigenvalue weighted by atomic mass is 9.94. The van der Waals surface area contributed by atoms with Gasteiger partial charge in [-0.2, -0.15) is 0 Å². The van der Waals surface area contributed by atoms with Crippen molar-refractivity contribution in [1.82, 2.24) is 10.4 Å². The molecule has 1 aromatic carbocycles. The van der Waals surface area contributed by atoms with Crippen LogP contribution < -0.4 is 16.0 Å². The van der Waals surface area contributed by atoms with Crippen molar-refractivity contribution < 1.29 is 4.74 Å². The van der Waals surface area contributed by atoms with Gasteiger partial charge in [0, 0.05) is 18.0 Å². The van der Waals surface area contributed by atoms with Gasteiger partial charge in [0.15, 0.2) is 0 Å². The van der Waals surface area contributed by atoms with Crippen molar-refractivity contribution in [3.8, 4) is 5.75 Å². The van der Waals surface area contributed by atoms with Crippen molar-refractivity contribution in [2.75, 3.05) is 6.61 Å². The summed E-state index contributed by atoms with van der Waals surface area (Å²) in [4.78, 5) is 4.19. The molecule has 20 heavy (non-hydrogen) atoms. The number of para-hydroxylation sites is 1. The fourth-order valence-electron chi connectivity index (χ4n) is 2.37. The Morgan fingerprint density at radius 2 is 2.00 bits per heavy atom. The highest BCUT2D eigenvalue weighted by Gasteiger charge is 2.19. The lowest BCUT2D eigenvalue weighted by Crippen LogP contribution is -2.30. The van der Waals surface area contributed by atoms with Crippen molar-refractivity contribution in [3.05, 3.63) is 59.4 Å². The van der Waals surface area contributed by atoms with Crippen LogP contribution in [0.25, 0.3) is 0 Å². The zero-order valence-electron chi connectivity index (χ0n) is 12.0. The average molecular weight is 271 g/mol. The highest BCUT2D eigenvalue weighted by atomic mass is 16.5. The predicted molar refractivity (Wildman–Crippen MR) is 80.4 cm³/mol. The third-order valence-corrected chi connectivity index (χ3v) is 3.33. The summed E-state index contributed by atoms with van der Waals surface area (Å²) in [6.07, 6.45) is 4.60. The molecule has 0 spiro atoms. The van der Waals surface area contributed by atoms with Gasteiger partial charge in [0.05, 0.1) is 12.6 Å². The number of rotatable bonds is 6. The number of aromatic nitrogens is 1. The van der Waals surface area contributed by atoms with Crippen molar-refractivity contribution in [2.24, 2.45) is 5.84 Å². The van der Waals surface area contributed by atoms with Crippen LogP contribution in [0.5, 0.6) is 5.75 Å². The summed E-state index contributed by atoms with van der Waals surface area (Å²) >= 11 is 0. The number of hydrogen-bond acceptors (Lipinski definition) is 4. The molecule has 0 aliphatic heterocycles. The van der Waals surface area contributed by atoms with Gasteiger partial charge in [0.25, 0.3) is 0 Å². The molecule has 0 aliphatic carbocycles. The number of nitrogens with zero attached hydrogens (tertiary/aromatic N) is 1. The molecule has 1 heterocycles. The summed E-state index contributed by atoms with van der Waals surface area (Å²) < 4.78 is 5.70. The lowest BCUT2D eigenvalue weighted by molar-refractivity contribution is 0.333. The molecule has 2 rings (SSSR count). The minimum absolute atomic E-state index is 0.101. The third kappa shape index (κ3) is 2.98. The number of ether oxygens (including phenoxy) is 1. The lowest BCUT2D eigenvalue weighted by Gasteiger charge is -2.22. The minimum atomic E-state index is -0.101. The second kappa shape index (κ2) is 7.03. The smallest absolute Gasteiger partial charge is 0.124 e. The molecule has 0 amide bonds. The third-order valence-electron chi connectivity index (χ3n) is 3.33. The standard InChI is InChI=1S/C16H21N3O/c1-3-12-11-18-10-9-13(12)16(19-17)14-7-5-6-8-15(14)20-4-2/h5-11,16,19H,3-4,17H2,1-2H3. The molecule has 1 aromatic heterocycles. The molecule has 0 aliphatic rings. The second-order valence-electron chi connectivity index (χ2n) is 4.50. The van der Waals surface area contributed by atoms with Gasteiger partial charge in [-0.3, -0.25) is 10.8 Å². The molecule has 106 valence electrons. The van der Waals surface area contributed by atoms with Crippen LogP contribution in [-0.2, 0) is 6.42 Å². The Hall–Kier alpha value is -1.91. The van der Waals surface area contributed by atoms with Crippen LogP contribution in [-0.4, -0.2) is 11.6 Å². The van der Waals surface area contributed by atoms with E-state index in [0.717, 1.165) is 23.3 Å². The minimum Gasteiger partial charge on any atom is -0.494 e. The van der Waals surface area contributed by atoms with Crippen LogP contribution in [0.3, 0.4) is 0 Å². The first-order valence-corrected chi connectivity index (χ1v) is 6.92. The zero-order chi connectivity index (χ0) is 14.4. The number of hydrazine groups is 1. The Labute approximate surface area is 120 Å². The maximum absolute atomic E-state index is 5.80. The molecule has 1 atom stereocenters. The predicted octanol–water partition coefficient (Wildman–Crippen LogP) is 2.60. The van der Waals surface area contributed by atoms with Gasteiger partial charge in [-0.05, 0) is 36.6 Å². The van der Waals surface area contributed by atoms with Crippen molar-refractivity contribution in [1.29, 1.82) is 0 Å². The van der Waals surface area contributed by atoms with E-state index in [1.54, 1.807) is 6.20 Å². The number of benzene rings is 1. The normalized spacial score (nSPS) is 12.2. The SMILES string of the molecule is CCOc1ccccc1C(NN)c1ccncc1CC. The molecule has 0 bridgehead atoms. The van der Waals surface area contributed by atoms with E-state index in [9.17, 15) is 0 Å². The molecule has 3 N–H and O–H groups in total. The number of aryl methyl sites for hydroxylation is 1. The number of nitrogens with two attached hydrogens (primary N) is 1. The van der Waals surface area contributed by atoms with E-state index < -0.39 is 0 Å². The van der Waals surface area contributed by atoms with Crippen LogP contribution in [0, 0.1) is 0 Å². The highest BCUT2D eigenvalue weighted by Crippen LogP contribution is 2.31. The van der Waals surface area contributed by atoms with Gasteiger partial charge in [0.1, 0.15) is 5.75 Å². The summed E-state index contributed by atoms with van der Waals surface area (Å²) in [5.41, 5.74) is 6.26. The maximum atomic E-state index is 5.80. The fourth-order valence-corrected chi connectivity index (χ4v) is 2.37. The molecule has 0 saturated heterocycles. The van der Waals surface area contributed by atoms with Crippen LogP contribution in [0.4, 0.5) is 0 Å². The van der Waals surface area contributed by atoms with E-state index >= 15 is 0 Å². The van der Waals surface area contributed by atoms with Crippen molar-refractivity contribution in [3.63, 3.8) is 0 Å². The molecular formula is C16H21N3O. The molecule has 1 unspecified atom stereocenters. The first kappa shape index (κ1) is 14.5. The van der Waals surface area contributed by atoms with Crippen LogP contribution >= 0.6 is 0 Å². The Morgan fingerprint density at radius 3 is 2.70 bits per heavy atom. The van der Waals surface area contributed by atoms with E-state index in [-0.39, 0.29) is 6.04 Å². The summed E-state index contributed by atoms with van der Waals surface area (Å²) in [5, 5.41) is 0. The van der Waals surface area contributed by atoms with Gasteiger partial charge in [0.2, 0.25) is 0 Å². The molecule has 4 nitrogen and oxygen atoms in total. The Balaban J connectivity index is 2.47. The number of pyridine rings is 1. The quantitative estimate of drug-likeness (QED) is 0.626. The maximum Gasteiger partial charge on any atom is 0.124 e. The Bertz CT molecular complexity index is 557. The fraction of sp³-hybridized carbons (Fsp3) is 0.312. The van der Waals surface area contributed by atoms with E-state index in [1.807, 2.05) is 43.5 Å². The summed E-state index contributed by atoms with van der Waals surface area (Å²) in [6.45, 7) is 4.72. The topological polar surface area (TPSA) is 60.2 Å². The van der Waals surface area contributed by atoms with E-state index in [1.165, 1.54) is 5.56 Å².